The van der Waals surface area contributed by atoms with Crippen molar-refractivity contribution in [2.24, 2.45) is 5.92 Å². The Labute approximate surface area is 163 Å². The minimum absolute atomic E-state index is 0.276. The van der Waals surface area contributed by atoms with Crippen LogP contribution in [0, 0.1) is 12.8 Å². The third-order valence-corrected chi connectivity index (χ3v) is 5.37. The lowest BCUT2D eigenvalue weighted by Gasteiger charge is -2.21. The molecular formula is C20H24ClN3O3. The van der Waals surface area contributed by atoms with Gasteiger partial charge in [0.2, 0.25) is 0 Å². The van der Waals surface area contributed by atoms with Crippen molar-refractivity contribution in [3.8, 4) is 11.5 Å². The van der Waals surface area contributed by atoms with Gasteiger partial charge in [0.25, 0.3) is 11.7 Å². The molecule has 0 saturated heterocycles. The maximum Gasteiger partial charge on any atom is 0.260 e. The average Bonchev–Trinajstić information content (AvgIpc) is 3.26. The molecule has 1 fully saturated rings. The van der Waals surface area contributed by atoms with Crippen molar-refractivity contribution in [3.05, 3.63) is 34.6 Å². The van der Waals surface area contributed by atoms with E-state index in [1.165, 1.54) is 0 Å². The van der Waals surface area contributed by atoms with Crippen LogP contribution in [0.2, 0.25) is 5.15 Å². The predicted octanol–water partition coefficient (Wildman–Crippen LogP) is 4.79. The first-order chi connectivity index (χ1) is 12.9. The molecule has 0 unspecified atom stereocenters. The van der Waals surface area contributed by atoms with Gasteiger partial charge in [-0.05, 0) is 37.8 Å². The number of halogens is 1. The molecule has 7 heteroatoms. The van der Waals surface area contributed by atoms with Crippen LogP contribution in [0.15, 0.2) is 18.2 Å². The molecule has 1 spiro atoms. The molecule has 4 rings (SSSR count). The van der Waals surface area contributed by atoms with Crippen molar-refractivity contribution in [1.82, 2.24) is 9.78 Å². The van der Waals surface area contributed by atoms with E-state index in [9.17, 15) is 4.79 Å². The monoisotopic (exact) mass is 389 g/mol. The number of amides is 1. The molecule has 1 aromatic heterocycles. The highest BCUT2D eigenvalue weighted by molar-refractivity contribution is 6.33. The van der Waals surface area contributed by atoms with Crippen molar-refractivity contribution < 1.29 is 14.3 Å². The summed E-state index contributed by atoms with van der Waals surface area (Å²) in [7, 11) is 0. The van der Waals surface area contributed by atoms with Gasteiger partial charge < -0.3 is 14.8 Å². The number of nitrogens with zero attached hydrogens (tertiary/aromatic N) is 2. The Kier molecular flexibility index (Phi) is 4.54. The zero-order valence-electron chi connectivity index (χ0n) is 15.8. The molecule has 27 heavy (non-hydrogen) atoms. The summed E-state index contributed by atoms with van der Waals surface area (Å²) in [5, 5.41) is 7.67. The number of hydrogen-bond donors (Lipinski definition) is 1. The molecule has 1 saturated carbocycles. The Balaban J connectivity index is 1.52. The van der Waals surface area contributed by atoms with Gasteiger partial charge >= 0.3 is 0 Å². The van der Waals surface area contributed by atoms with E-state index in [0.29, 0.717) is 40.3 Å². The molecule has 6 nitrogen and oxygen atoms in total. The summed E-state index contributed by atoms with van der Waals surface area (Å²) in [6, 6.07) is 5.46. The van der Waals surface area contributed by atoms with Gasteiger partial charge in [-0.15, -0.1) is 0 Å². The number of carbonyl (C=O) groups excluding carboxylic acids is 1. The zero-order chi connectivity index (χ0) is 19.2. The van der Waals surface area contributed by atoms with Crippen molar-refractivity contribution in [1.29, 1.82) is 0 Å². The third kappa shape index (κ3) is 3.38. The van der Waals surface area contributed by atoms with Crippen LogP contribution in [0.25, 0.3) is 0 Å². The highest BCUT2D eigenvalue weighted by Gasteiger charge is 2.44. The molecule has 0 radical (unpaired) electrons. The number of rotatable bonds is 4. The van der Waals surface area contributed by atoms with Gasteiger partial charge in [-0.1, -0.05) is 25.4 Å². The predicted molar refractivity (Wildman–Crippen MR) is 104 cm³/mol. The first-order valence-corrected chi connectivity index (χ1v) is 9.81. The minimum Gasteiger partial charge on any atom is -0.448 e. The molecule has 1 aliphatic heterocycles. The summed E-state index contributed by atoms with van der Waals surface area (Å²) < 4.78 is 13.8. The Bertz CT molecular complexity index is 885. The first kappa shape index (κ1) is 18.2. The molecule has 1 aromatic carbocycles. The second-order valence-electron chi connectivity index (χ2n) is 7.76. The molecule has 1 N–H and O–H groups in total. The van der Waals surface area contributed by atoms with E-state index in [1.54, 1.807) is 11.6 Å². The lowest BCUT2D eigenvalue weighted by molar-refractivity contribution is -0.0716. The van der Waals surface area contributed by atoms with Crippen molar-refractivity contribution in [2.45, 2.75) is 58.8 Å². The number of ether oxygens (including phenoxy) is 2. The SMILES string of the molecule is Cc1nn(CC(C)C)c(Cl)c1C(=O)Nc1ccc2c(c1)OC1(CCCC1)O2. The molecule has 144 valence electrons. The van der Waals surface area contributed by atoms with Gasteiger partial charge in [0.05, 0.1) is 11.3 Å². The minimum atomic E-state index is -0.511. The lowest BCUT2D eigenvalue weighted by Crippen LogP contribution is -2.34. The van der Waals surface area contributed by atoms with Gasteiger partial charge in [-0.25, -0.2) is 0 Å². The summed E-state index contributed by atoms with van der Waals surface area (Å²) >= 11 is 6.41. The molecular weight excluding hydrogens is 366 g/mol. The first-order valence-electron chi connectivity index (χ1n) is 9.43. The van der Waals surface area contributed by atoms with Gasteiger partial charge in [-0.2, -0.15) is 5.10 Å². The summed E-state index contributed by atoms with van der Waals surface area (Å²) in [5.41, 5.74) is 1.66. The van der Waals surface area contributed by atoms with Crippen LogP contribution in [-0.4, -0.2) is 21.5 Å². The fourth-order valence-corrected chi connectivity index (χ4v) is 4.09. The van der Waals surface area contributed by atoms with Gasteiger partial charge in [0.1, 0.15) is 5.15 Å². The number of benzene rings is 1. The molecule has 2 aromatic rings. The van der Waals surface area contributed by atoms with Crippen LogP contribution in [0.4, 0.5) is 5.69 Å². The standard InChI is InChI=1S/C20H24ClN3O3/c1-12(2)11-24-18(21)17(13(3)23-24)19(25)22-14-6-7-15-16(10-14)27-20(26-15)8-4-5-9-20/h6-7,10,12H,4-5,8-9,11H2,1-3H3,(H,22,25). The smallest absolute Gasteiger partial charge is 0.260 e. The van der Waals surface area contributed by atoms with E-state index < -0.39 is 5.79 Å². The van der Waals surface area contributed by atoms with Crippen LogP contribution in [0.5, 0.6) is 11.5 Å². The van der Waals surface area contributed by atoms with E-state index >= 15 is 0 Å². The zero-order valence-corrected chi connectivity index (χ0v) is 16.6. The largest absolute Gasteiger partial charge is 0.448 e. The Morgan fingerprint density at radius 2 is 2.00 bits per heavy atom. The summed E-state index contributed by atoms with van der Waals surface area (Å²) in [4.78, 5) is 12.8. The molecule has 0 bridgehead atoms. The van der Waals surface area contributed by atoms with E-state index in [4.69, 9.17) is 21.1 Å². The van der Waals surface area contributed by atoms with E-state index in [-0.39, 0.29) is 5.91 Å². The number of fused-ring (bicyclic) bond motifs is 1. The Hall–Kier alpha value is -2.21. The number of aromatic nitrogens is 2. The lowest BCUT2D eigenvalue weighted by atomic mass is 10.2. The summed E-state index contributed by atoms with van der Waals surface area (Å²) in [6.45, 7) is 6.62. The quantitative estimate of drug-likeness (QED) is 0.816. The Morgan fingerprint density at radius 1 is 1.30 bits per heavy atom. The van der Waals surface area contributed by atoms with Crippen LogP contribution in [0.3, 0.4) is 0 Å². The number of nitrogens with one attached hydrogen (secondary N) is 1. The van der Waals surface area contributed by atoms with Gasteiger partial charge in [0.15, 0.2) is 11.5 Å². The molecule has 2 aliphatic rings. The van der Waals surface area contributed by atoms with E-state index in [0.717, 1.165) is 31.4 Å². The number of carbonyl (C=O) groups is 1. The fraction of sp³-hybridized carbons (Fsp3) is 0.500. The number of hydrogen-bond acceptors (Lipinski definition) is 4. The Morgan fingerprint density at radius 3 is 2.70 bits per heavy atom. The van der Waals surface area contributed by atoms with E-state index in [1.807, 2.05) is 18.2 Å². The van der Waals surface area contributed by atoms with Crippen LogP contribution >= 0.6 is 11.6 Å². The van der Waals surface area contributed by atoms with Gasteiger partial charge in [-0.3, -0.25) is 9.48 Å². The number of aryl methyl sites for hydroxylation is 1. The van der Waals surface area contributed by atoms with Gasteiger partial charge in [0, 0.05) is 31.1 Å². The molecule has 1 aliphatic carbocycles. The third-order valence-electron chi connectivity index (χ3n) is 4.99. The van der Waals surface area contributed by atoms with Crippen LogP contribution in [0.1, 0.15) is 55.6 Å². The summed E-state index contributed by atoms with van der Waals surface area (Å²) in [5.74, 6) is 1.00. The molecule has 1 amide bonds. The van der Waals surface area contributed by atoms with Crippen LogP contribution < -0.4 is 14.8 Å². The second-order valence-corrected chi connectivity index (χ2v) is 8.12. The summed E-state index contributed by atoms with van der Waals surface area (Å²) in [6.07, 6.45) is 4.01. The maximum absolute atomic E-state index is 12.8. The van der Waals surface area contributed by atoms with Crippen molar-refractivity contribution in [3.63, 3.8) is 0 Å². The normalized spacial score (nSPS) is 17.1. The van der Waals surface area contributed by atoms with Crippen LogP contribution in [-0.2, 0) is 6.54 Å². The highest BCUT2D eigenvalue weighted by Crippen LogP contribution is 2.47. The van der Waals surface area contributed by atoms with E-state index in [2.05, 4.69) is 24.3 Å². The topological polar surface area (TPSA) is 65.4 Å². The molecule has 0 atom stereocenters. The molecule has 2 heterocycles. The van der Waals surface area contributed by atoms with Crippen molar-refractivity contribution in [2.75, 3.05) is 5.32 Å². The van der Waals surface area contributed by atoms with Crippen molar-refractivity contribution >= 4 is 23.2 Å². The highest BCUT2D eigenvalue weighted by atomic mass is 35.5. The number of anilines is 1. The second kappa shape index (κ2) is 6.75. The maximum atomic E-state index is 12.8. The fourth-order valence-electron chi connectivity index (χ4n) is 3.76. The average molecular weight is 390 g/mol.